The summed E-state index contributed by atoms with van der Waals surface area (Å²) in [4.78, 5) is 15.9. The molecule has 0 bridgehead atoms. The maximum atomic E-state index is 11.9. The Morgan fingerprint density at radius 1 is 1.44 bits per heavy atom. The maximum Gasteiger partial charge on any atom is 0.252 e. The number of hydrogen-bond donors (Lipinski definition) is 1. The van der Waals surface area contributed by atoms with Crippen LogP contribution in [0.25, 0.3) is 0 Å². The van der Waals surface area contributed by atoms with Crippen molar-refractivity contribution in [2.45, 2.75) is 13.5 Å². The Balaban J connectivity index is 2.03. The van der Waals surface area contributed by atoms with Crippen molar-refractivity contribution >= 4 is 37.8 Å². The first-order valence-electron chi connectivity index (χ1n) is 5.21. The second kappa shape index (κ2) is 5.67. The largest absolute Gasteiger partial charge is 0.444 e. The Morgan fingerprint density at radius 3 is 2.83 bits per heavy atom. The van der Waals surface area contributed by atoms with Gasteiger partial charge in [-0.3, -0.25) is 4.79 Å². The molecule has 0 aliphatic carbocycles. The number of nitrogens with one attached hydrogen (secondary N) is 1. The summed E-state index contributed by atoms with van der Waals surface area (Å²) in [5.41, 5.74) is 0.571. The molecule has 2 rings (SSSR count). The zero-order valence-corrected chi connectivity index (χ0v) is 12.7. The molecule has 94 valence electrons. The quantitative estimate of drug-likeness (QED) is 0.896. The number of aromatic nitrogens is 1. The van der Waals surface area contributed by atoms with E-state index in [0.29, 0.717) is 11.5 Å². The number of aryl methyl sites for hydroxylation is 1. The molecule has 0 aliphatic rings. The lowest BCUT2D eigenvalue weighted by Gasteiger charge is -2.05. The van der Waals surface area contributed by atoms with Crippen LogP contribution in [0.3, 0.4) is 0 Å². The Bertz CT molecular complexity index is 581. The van der Waals surface area contributed by atoms with E-state index in [0.717, 1.165) is 14.7 Å². The molecule has 1 aromatic heterocycles. The Kier molecular flexibility index (Phi) is 4.19. The van der Waals surface area contributed by atoms with Crippen LogP contribution in [0.15, 0.2) is 37.8 Å². The van der Waals surface area contributed by atoms with Gasteiger partial charge in [-0.05, 0) is 41.1 Å². The van der Waals surface area contributed by atoms with E-state index in [1.54, 1.807) is 12.3 Å². The van der Waals surface area contributed by atoms with Crippen LogP contribution in [-0.4, -0.2) is 10.9 Å². The smallest absolute Gasteiger partial charge is 0.252 e. The topological polar surface area (TPSA) is 55.1 Å². The summed E-state index contributed by atoms with van der Waals surface area (Å²) in [6, 6.07) is 5.38. The number of oxazole rings is 1. The molecule has 1 aromatic carbocycles. The molecule has 0 radical (unpaired) electrons. The highest BCUT2D eigenvalue weighted by atomic mass is 79.9. The number of amides is 1. The third kappa shape index (κ3) is 3.20. The lowest BCUT2D eigenvalue weighted by atomic mass is 10.2. The standard InChI is InChI=1S/C12H10Br2N2O2/c1-7-5-15-11(18-7)6-16-12(17)9-3-2-8(13)4-10(9)14/h2-5H,6H2,1H3,(H,16,17). The fourth-order valence-electron chi connectivity index (χ4n) is 1.41. The predicted molar refractivity (Wildman–Crippen MR) is 74.3 cm³/mol. The van der Waals surface area contributed by atoms with Crippen LogP contribution < -0.4 is 5.32 Å². The summed E-state index contributed by atoms with van der Waals surface area (Å²) in [5.74, 6) is 1.04. The third-order valence-corrected chi connectivity index (χ3v) is 3.39. The minimum Gasteiger partial charge on any atom is -0.444 e. The van der Waals surface area contributed by atoms with E-state index >= 15 is 0 Å². The van der Waals surface area contributed by atoms with Gasteiger partial charge in [0.1, 0.15) is 5.76 Å². The predicted octanol–water partition coefficient (Wildman–Crippen LogP) is 3.44. The first-order valence-corrected chi connectivity index (χ1v) is 6.79. The van der Waals surface area contributed by atoms with Gasteiger partial charge in [0.15, 0.2) is 0 Å². The Morgan fingerprint density at radius 2 is 2.22 bits per heavy atom. The maximum absolute atomic E-state index is 11.9. The van der Waals surface area contributed by atoms with E-state index < -0.39 is 0 Å². The zero-order valence-electron chi connectivity index (χ0n) is 9.54. The Labute approximate surface area is 121 Å². The molecule has 0 saturated carbocycles. The number of benzene rings is 1. The normalized spacial score (nSPS) is 10.4. The monoisotopic (exact) mass is 372 g/mol. The van der Waals surface area contributed by atoms with Crippen LogP contribution in [0, 0.1) is 6.92 Å². The summed E-state index contributed by atoms with van der Waals surface area (Å²) in [6.45, 7) is 2.08. The van der Waals surface area contributed by atoms with Gasteiger partial charge in [-0.15, -0.1) is 0 Å². The first kappa shape index (κ1) is 13.3. The van der Waals surface area contributed by atoms with Gasteiger partial charge in [0.25, 0.3) is 5.91 Å². The van der Waals surface area contributed by atoms with Crippen molar-refractivity contribution < 1.29 is 9.21 Å². The van der Waals surface area contributed by atoms with Crippen LogP contribution >= 0.6 is 31.9 Å². The van der Waals surface area contributed by atoms with Crippen molar-refractivity contribution in [2.24, 2.45) is 0 Å². The molecule has 1 heterocycles. The molecule has 2 aromatic rings. The molecular formula is C12H10Br2N2O2. The van der Waals surface area contributed by atoms with Gasteiger partial charge in [0.05, 0.1) is 18.3 Å². The van der Waals surface area contributed by atoms with Crippen molar-refractivity contribution in [3.05, 3.63) is 50.6 Å². The first-order chi connectivity index (χ1) is 8.56. The van der Waals surface area contributed by atoms with Crippen LogP contribution in [0.1, 0.15) is 22.0 Å². The average Bonchev–Trinajstić information content (AvgIpc) is 2.72. The third-order valence-electron chi connectivity index (χ3n) is 2.25. The molecule has 4 nitrogen and oxygen atoms in total. The molecule has 18 heavy (non-hydrogen) atoms. The van der Waals surface area contributed by atoms with Crippen LogP contribution in [0.2, 0.25) is 0 Å². The van der Waals surface area contributed by atoms with Gasteiger partial charge in [-0.1, -0.05) is 15.9 Å². The van der Waals surface area contributed by atoms with Gasteiger partial charge < -0.3 is 9.73 Å². The van der Waals surface area contributed by atoms with E-state index in [1.165, 1.54) is 0 Å². The lowest BCUT2D eigenvalue weighted by molar-refractivity contribution is 0.0946. The number of hydrogen-bond acceptors (Lipinski definition) is 3. The molecule has 0 unspecified atom stereocenters. The van der Waals surface area contributed by atoms with Crippen molar-refractivity contribution in [1.29, 1.82) is 0 Å². The minimum absolute atomic E-state index is 0.176. The van der Waals surface area contributed by atoms with Crippen molar-refractivity contribution in [1.82, 2.24) is 10.3 Å². The molecule has 6 heteroatoms. The number of nitrogens with zero attached hydrogens (tertiary/aromatic N) is 1. The highest BCUT2D eigenvalue weighted by Crippen LogP contribution is 2.21. The van der Waals surface area contributed by atoms with E-state index in [2.05, 4.69) is 42.2 Å². The van der Waals surface area contributed by atoms with Gasteiger partial charge >= 0.3 is 0 Å². The zero-order chi connectivity index (χ0) is 13.1. The molecule has 0 saturated heterocycles. The summed E-state index contributed by atoms with van der Waals surface area (Å²) in [6.07, 6.45) is 1.62. The van der Waals surface area contributed by atoms with E-state index in [-0.39, 0.29) is 12.5 Å². The van der Waals surface area contributed by atoms with Gasteiger partial charge in [0.2, 0.25) is 5.89 Å². The highest BCUT2D eigenvalue weighted by Gasteiger charge is 2.11. The molecule has 1 amide bonds. The fourth-order valence-corrected chi connectivity index (χ4v) is 2.64. The molecule has 0 atom stereocenters. The van der Waals surface area contributed by atoms with E-state index in [4.69, 9.17) is 4.42 Å². The van der Waals surface area contributed by atoms with Crippen LogP contribution in [0.4, 0.5) is 0 Å². The summed E-state index contributed by atoms with van der Waals surface area (Å²) < 4.78 is 6.92. The number of halogens is 2. The second-order valence-corrected chi connectivity index (χ2v) is 5.44. The fraction of sp³-hybridized carbons (Fsp3) is 0.167. The van der Waals surface area contributed by atoms with Gasteiger partial charge in [0, 0.05) is 8.95 Å². The second-order valence-electron chi connectivity index (χ2n) is 3.67. The Hall–Kier alpha value is -1.14. The van der Waals surface area contributed by atoms with Crippen molar-refractivity contribution in [3.8, 4) is 0 Å². The van der Waals surface area contributed by atoms with Crippen LogP contribution in [0.5, 0.6) is 0 Å². The average molecular weight is 374 g/mol. The lowest BCUT2D eigenvalue weighted by Crippen LogP contribution is -2.23. The minimum atomic E-state index is -0.176. The molecule has 0 aliphatic heterocycles. The summed E-state index contributed by atoms with van der Waals surface area (Å²) >= 11 is 6.69. The number of carbonyl (C=O) groups is 1. The van der Waals surface area contributed by atoms with E-state index in [9.17, 15) is 4.79 Å². The molecule has 0 fully saturated rings. The van der Waals surface area contributed by atoms with Crippen molar-refractivity contribution in [2.75, 3.05) is 0 Å². The van der Waals surface area contributed by atoms with Crippen molar-refractivity contribution in [3.63, 3.8) is 0 Å². The summed E-state index contributed by atoms with van der Waals surface area (Å²) in [5, 5.41) is 2.75. The number of rotatable bonds is 3. The summed E-state index contributed by atoms with van der Waals surface area (Å²) in [7, 11) is 0. The molecule has 1 N–H and O–H groups in total. The van der Waals surface area contributed by atoms with Crippen LogP contribution in [-0.2, 0) is 6.54 Å². The molecular weight excluding hydrogens is 364 g/mol. The van der Waals surface area contributed by atoms with Gasteiger partial charge in [-0.2, -0.15) is 0 Å². The van der Waals surface area contributed by atoms with Gasteiger partial charge in [-0.25, -0.2) is 4.98 Å². The number of carbonyl (C=O) groups excluding carboxylic acids is 1. The molecule has 0 spiro atoms. The SMILES string of the molecule is Cc1cnc(CNC(=O)c2ccc(Br)cc2Br)o1. The highest BCUT2D eigenvalue weighted by molar-refractivity contribution is 9.11. The van der Waals surface area contributed by atoms with E-state index in [1.807, 2.05) is 19.1 Å².